The number of benzene rings is 1. The summed E-state index contributed by atoms with van der Waals surface area (Å²) < 4.78 is 5.31. The van der Waals surface area contributed by atoms with Crippen LogP contribution in [0.15, 0.2) is 41.0 Å². The van der Waals surface area contributed by atoms with Crippen LogP contribution in [0.4, 0.5) is 0 Å². The van der Waals surface area contributed by atoms with Gasteiger partial charge in [0.2, 0.25) is 0 Å². The van der Waals surface area contributed by atoms with Gasteiger partial charge >= 0.3 is 5.97 Å². The Labute approximate surface area is 155 Å². The molecule has 130 valence electrons. The highest BCUT2D eigenvalue weighted by Gasteiger charge is 2.21. The molecule has 25 heavy (non-hydrogen) atoms. The first kappa shape index (κ1) is 17.9. The van der Waals surface area contributed by atoms with Gasteiger partial charge in [0.05, 0.1) is 11.5 Å². The van der Waals surface area contributed by atoms with Crippen molar-refractivity contribution in [1.82, 2.24) is 9.97 Å². The van der Waals surface area contributed by atoms with Crippen LogP contribution in [-0.2, 0) is 9.53 Å². The van der Waals surface area contributed by atoms with Gasteiger partial charge in [-0.05, 0) is 33.3 Å². The van der Waals surface area contributed by atoms with E-state index in [0.29, 0.717) is 0 Å². The maximum Gasteiger partial charge on any atom is 0.319 e. The number of carbonyl (C=O) groups excluding carboxylic acids is 1. The van der Waals surface area contributed by atoms with Crippen LogP contribution in [-0.4, -0.2) is 27.3 Å². The average molecular weight is 373 g/mol. The van der Waals surface area contributed by atoms with Crippen molar-refractivity contribution in [3.63, 3.8) is 0 Å². The summed E-state index contributed by atoms with van der Waals surface area (Å²) in [6.07, 6.45) is 1.44. The molecule has 6 heteroatoms. The average Bonchev–Trinajstić information content (AvgIpc) is 3.00. The summed E-state index contributed by atoms with van der Waals surface area (Å²) in [5.74, 6) is -0.223. The van der Waals surface area contributed by atoms with E-state index in [1.165, 1.54) is 17.3 Å². The summed E-state index contributed by atoms with van der Waals surface area (Å²) in [5, 5.41) is 3.59. The molecule has 0 aliphatic rings. The van der Waals surface area contributed by atoms with Crippen molar-refractivity contribution in [3.05, 3.63) is 41.5 Å². The summed E-state index contributed by atoms with van der Waals surface area (Å²) in [5.41, 5.74) is 3.46. The Hall–Kier alpha value is -1.92. The number of ether oxygens (including phenoxy) is 1. The molecule has 2 heterocycles. The Kier molecular flexibility index (Phi) is 5.39. The summed E-state index contributed by atoms with van der Waals surface area (Å²) in [4.78, 5) is 21.9. The lowest BCUT2D eigenvalue weighted by molar-refractivity contribution is -0.146. The lowest BCUT2D eigenvalue weighted by atomic mass is 10.1. The minimum absolute atomic E-state index is 0.120. The molecule has 0 unspecified atom stereocenters. The fraction of sp³-hybridized carbons (Fsp3) is 0.316. The highest BCUT2D eigenvalue weighted by atomic mass is 32.2. The van der Waals surface area contributed by atoms with E-state index in [-0.39, 0.29) is 17.3 Å². The fourth-order valence-corrected chi connectivity index (χ4v) is 4.33. The summed E-state index contributed by atoms with van der Waals surface area (Å²) in [6, 6.07) is 8.40. The molecule has 3 rings (SSSR count). The van der Waals surface area contributed by atoms with Crippen molar-refractivity contribution in [3.8, 4) is 11.1 Å². The van der Waals surface area contributed by atoms with Gasteiger partial charge in [0, 0.05) is 10.9 Å². The predicted molar refractivity (Wildman–Crippen MR) is 104 cm³/mol. The molecule has 0 saturated carbocycles. The van der Waals surface area contributed by atoms with Crippen LogP contribution >= 0.6 is 23.1 Å². The first-order valence-corrected chi connectivity index (χ1v) is 9.88. The van der Waals surface area contributed by atoms with Gasteiger partial charge in [-0.15, -0.1) is 11.3 Å². The van der Waals surface area contributed by atoms with Crippen molar-refractivity contribution >= 4 is 39.3 Å². The summed E-state index contributed by atoms with van der Waals surface area (Å²) in [6.45, 7) is 7.63. The van der Waals surface area contributed by atoms with Crippen molar-refractivity contribution in [2.24, 2.45) is 0 Å². The van der Waals surface area contributed by atoms with Gasteiger partial charge in [0.25, 0.3) is 0 Å². The van der Waals surface area contributed by atoms with E-state index in [1.54, 1.807) is 17.7 Å². The number of nitrogens with zero attached hydrogens (tertiary/aromatic N) is 2. The molecule has 0 N–H and O–H groups in total. The minimum atomic E-state index is -0.328. The van der Waals surface area contributed by atoms with E-state index < -0.39 is 0 Å². The number of aryl methyl sites for hydroxylation is 1. The molecule has 4 nitrogen and oxygen atoms in total. The second-order valence-corrected chi connectivity index (χ2v) is 8.31. The topological polar surface area (TPSA) is 52.1 Å². The molecule has 0 fully saturated rings. The Morgan fingerprint density at radius 3 is 2.56 bits per heavy atom. The second kappa shape index (κ2) is 7.54. The van der Waals surface area contributed by atoms with Gasteiger partial charge in [0.1, 0.15) is 21.4 Å². The lowest BCUT2D eigenvalue weighted by Gasteiger charge is -2.13. The summed E-state index contributed by atoms with van der Waals surface area (Å²) >= 11 is 3.01. The van der Waals surface area contributed by atoms with Gasteiger partial charge in [-0.3, -0.25) is 4.79 Å². The molecule has 1 atom stereocenters. The number of thiophene rings is 1. The van der Waals surface area contributed by atoms with Gasteiger partial charge < -0.3 is 4.74 Å². The van der Waals surface area contributed by atoms with Crippen LogP contribution in [0.25, 0.3) is 21.3 Å². The third-order valence-corrected chi connectivity index (χ3v) is 5.64. The Bertz CT molecular complexity index is 888. The molecule has 0 radical (unpaired) electrons. The maximum absolute atomic E-state index is 12.1. The van der Waals surface area contributed by atoms with E-state index in [2.05, 4.69) is 46.5 Å². The van der Waals surface area contributed by atoms with Crippen molar-refractivity contribution in [2.45, 2.75) is 44.1 Å². The largest absolute Gasteiger partial charge is 0.462 e. The second-order valence-electron chi connectivity index (χ2n) is 6.12. The third kappa shape index (κ3) is 4.02. The number of thioether (sulfide) groups is 1. The molecule has 3 aromatic rings. The highest BCUT2D eigenvalue weighted by molar-refractivity contribution is 8.00. The number of aromatic nitrogens is 2. The minimum Gasteiger partial charge on any atom is -0.462 e. The molecule has 0 amide bonds. The zero-order valence-electron chi connectivity index (χ0n) is 14.6. The predicted octanol–water partition coefficient (Wildman–Crippen LogP) is 5.10. The number of rotatable bonds is 5. The normalized spacial score (nSPS) is 12.5. The molecule has 0 bridgehead atoms. The lowest BCUT2D eigenvalue weighted by Crippen LogP contribution is -2.20. The number of hydrogen-bond acceptors (Lipinski definition) is 6. The highest BCUT2D eigenvalue weighted by Crippen LogP contribution is 2.39. The van der Waals surface area contributed by atoms with E-state index in [0.717, 1.165) is 26.4 Å². The molecule has 0 aliphatic heterocycles. The molecular formula is C19H20N2O2S2. The van der Waals surface area contributed by atoms with Gasteiger partial charge in [0.15, 0.2) is 0 Å². The number of hydrogen-bond donors (Lipinski definition) is 0. The number of esters is 1. The van der Waals surface area contributed by atoms with Crippen LogP contribution in [0, 0.1) is 6.92 Å². The quantitative estimate of drug-likeness (QED) is 0.354. The van der Waals surface area contributed by atoms with Crippen LogP contribution in [0.2, 0.25) is 0 Å². The monoisotopic (exact) mass is 372 g/mol. The van der Waals surface area contributed by atoms with Crippen molar-refractivity contribution < 1.29 is 9.53 Å². The van der Waals surface area contributed by atoms with Gasteiger partial charge in [-0.1, -0.05) is 41.6 Å². The molecular weight excluding hydrogens is 352 g/mol. The third-order valence-electron chi connectivity index (χ3n) is 3.67. The molecule has 0 aliphatic carbocycles. The van der Waals surface area contributed by atoms with Gasteiger partial charge in [-0.2, -0.15) is 0 Å². The van der Waals surface area contributed by atoms with E-state index in [9.17, 15) is 4.79 Å². The first-order valence-electron chi connectivity index (χ1n) is 8.12. The van der Waals surface area contributed by atoms with E-state index in [4.69, 9.17) is 4.74 Å². The molecule has 2 aromatic heterocycles. The first-order chi connectivity index (χ1) is 12.0. The van der Waals surface area contributed by atoms with Crippen LogP contribution < -0.4 is 0 Å². The smallest absolute Gasteiger partial charge is 0.319 e. The summed E-state index contributed by atoms with van der Waals surface area (Å²) in [7, 11) is 0. The number of carbonyl (C=O) groups is 1. The van der Waals surface area contributed by atoms with Crippen molar-refractivity contribution in [2.75, 3.05) is 0 Å². The SMILES string of the molecule is Cc1ccc(-c2csc3ncnc(S[C@@H](C)C(=O)OC(C)C)c23)cc1. The molecule has 0 saturated heterocycles. The van der Waals surface area contributed by atoms with Crippen LogP contribution in [0.5, 0.6) is 0 Å². The Balaban J connectivity index is 1.97. The van der Waals surface area contributed by atoms with Crippen LogP contribution in [0.1, 0.15) is 26.3 Å². The zero-order chi connectivity index (χ0) is 18.0. The molecule has 1 aromatic carbocycles. The Morgan fingerprint density at radius 2 is 1.88 bits per heavy atom. The number of fused-ring (bicyclic) bond motifs is 1. The maximum atomic E-state index is 12.1. The standard InChI is InChI=1S/C19H20N2O2S2/c1-11(2)23-19(22)13(4)25-18-16-15(9-24-17(16)20-10-21-18)14-7-5-12(3)6-8-14/h5-11,13H,1-4H3/t13-/m0/s1. The van der Waals surface area contributed by atoms with E-state index >= 15 is 0 Å². The van der Waals surface area contributed by atoms with Crippen LogP contribution in [0.3, 0.4) is 0 Å². The van der Waals surface area contributed by atoms with E-state index in [1.807, 2.05) is 20.8 Å². The fourth-order valence-electron chi connectivity index (χ4n) is 2.43. The zero-order valence-corrected chi connectivity index (χ0v) is 16.3. The van der Waals surface area contributed by atoms with Crippen molar-refractivity contribution in [1.29, 1.82) is 0 Å². The molecule has 0 spiro atoms. The van der Waals surface area contributed by atoms with Gasteiger partial charge in [-0.25, -0.2) is 9.97 Å². The Morgan fingerprint density at radius 1 is 1.16 bits per heavy atom.